The first kappa shape index (κ1) is 34.6. The van der Waals surface area contributed by atoms with Gasteiger partial charge in [0.25, 0.3) is 5.91 Å². The van der Waals surface area contributed by atoms with E-state index in [1.165, 1.54) is 5.56 Å². The largest absolute Gasteiger partial charge is 0.490 e. The van der Waals surface area contributed by atoms with E-state index in [2.05, 4.69) is 29.6 Å². The van der Waals surface area contributed by atoms with Gasteiger partial charge >= 0.3 is 5.97 Å². The molecule has 4 aromatic rings. The number of carbonyl (C=O) groups excluding carboxylic acids is 1. The van der Waals surface area contributed by atoms with E-state index in [9.17, 15) is 9.59 Å². The molecule has 45 heavy (non-hydrogen) atoms. The number of halogens is 4. The molecule has 236 valence electrons. The highest BCUT2D eigenvalue weighted by Gasteiger charge is 2.20. The minimum absolute atomic E-state index is 0.0192. The first-order valence-electron chi connectivity index (χ1n) is 14.5. The maximum atomic E-state index is 13.5. The van der Waals surface area contributed by atoms with Gasteiger partial charge in [-0.25, -0.2) is 4.79 Å². The van der Waals surface area contributed by atoms with E-state index in [0.717, 1.165) is 32.1 Å². The van der Waals surface area contributed by atoms with Crippen LogP contribution in [0.4, 0.5) is 0 Å². The van der Waals surface area contributed by atoms with Gasteiger partial charge in [-0.3, -0.25) is 4.79 Å². The van der Waals surface area contributed by atoms with Crippen molar-refractivity contribution in [3.05, 3.63) is 110 Å². The summed E-state index contributed by atoms with van der Waals surface area (Å²) < 4.78 is 11.4. The van der Waals surface area contributed by atoms with Crippen LogP contribution in [0.2, 0.25) is 20.1 Å². The number of rotatable bonds is 16. The zero-order valence-electron chi connectivity index (χ0n) is 24.5. The molecule has 4 aromatic carbocycles. The van der Waals surface area contributed by atoms with Crippen molar-refractivity contribution >= 4 is 58.3 Å². The quantitative estimate of drug-likeness (QED) is 0.115. The van der Waals surface area contributed by atoms with Gasteiger partial charge in [-0.15, -0.1) is 0 Å². The molecule has 0 unspecified atom stereocenters. The average molecular weight is 689 g/mol. The standard InChI is InChI=1S/C35H33Cl4NO5/c36-27-14-24(15-28(37)20-27)31-18-26(35(43)40-11-7-2-1-4-8-23-9-5-3-6-10-23)19-32(25-16-29(38)21-30(39)17-25)34(31)45-13-12-44-22-33(41)42/h3,5-6,9-10,14-21H,1-2,4,7-8,11-13,22H2,(H,40,43)(H,41,42). The van der Waals surface area contributed by atoms with Crippen LogP contribution in [0, 0.1) is 0 Å². The second kappa shape index (κ2) is 17.4. The number of ether oxygens (including phenoxy) is 2. The molecule has 0 aromatic heterocycles. The van der Waals surface area contributed by atoms with Gasteiger partial charge in [0.1, 0.15) is 19.0 Å². The molecule has 0 heterocycles. The number of hydrogen-bond donors (Lipinski definition) is 2. The molecule has 1 amide bonds. The molecular formula is C35H33Cl4NO5. The number of carboxylic acid groups (broad SMARTS) is 1. The molecule has 0 spiro atoms. The minimum atomic E-state index is -1.08. The van der Waals surface area contributed by atoms with Crippen molar-refractivity contribution in [2.45, 2.75) is 32.1 Å². The van der Waals surface area contributed by atoms with Gasteiger partial charge in [-0.05, 0) is 84.5 Å². The van der Waals surface area contributed by atoms with Crippen LogP contribution >= 0.6 is 46.4 Å². The van der Waals surface area contributed by atoms with E-state index in [-0.39, 0.29) is 19.1 Å². The Hall–Kier alpha value is -3.26. The van der Waals surface area contributed by atoms with Crippen molar-refractivity contribution in [2.75, 3.05) is 26.4 Å². The summed E-state index contributed by atoms with van der Waals surface area (Å²) in [6, 6.07) is 24.0. The highest BCUT2D eigenvalue weighted by molar-refractivity contribution is 6.35. The van der Waals surface area contributed by atoms with Gasteiger partial charge in [-0.2, -0.15) is 0 Å². The van der Waals surface area contributed by atoms with Crippen LogP contribution in [-0.4, -0.2) is 43.3 Å². The van der Waals surface area contributed by atoms with Gasteiger partial charge in [0.15, 0.2) is 0 Å². The number of carbonyl (C=O) groups is 2. The van der Waals surface area contributed by atoms with E-state index in [1.807, 2.05) is 6.07 Å². The number of aliphatic carboxylic acids is 1. The lowest BCUT2D eigenvalue weighted by Crippen LogP contribution is -2.24. The summed E-state index contributed by atoms with van der Waals surface area (Å²) in [5.74, 6) is -0.930. The Kier molecular flexibility index (Phi) is 13.4. The average Bonchev–Trinajstić information content (AvgIpc) is 2.99. The monoisotopic (exact) mass is 687 g/mol. The number of aryl methyl sites for hydroxylation is 1. The summed E-state index contributed by atoms with van der Waals surface area (Å²) in [7, 11) is 0. The second-order valence-corrected chi connectivity index (χ2v) is 12.2. The summed E-state index contributed by atoms with van der Waals surface area (Å²) in [5, 5.41) is 13.6. The lowest BCUT2D eigenvalue weighted by Gasteiger charge is -2.19. The first-order valence-corrected chi connectivity index (χ1v) is 16.1. The number of amides is 1. The summed E-state index contributed by atoms with van der Waals surface area (Å²) in [5.41, 5.74) is 4.08. The van der Waals surface area contributed by atoms with Crippen molar-refractivity contribution in [1.82, 2.24) is 5.32 Å². The van der Waals surface area contributed by atoms with Crippen LogP contribution in [0.3, 0.4) is 0 Å². The molecule has 0 aliphatic carbocycles. The predicted molar refractivity (Wildman–Crippen MR) is 182 cm³/mol. The maximum Gasteiger partial charge on any atom is 0.329 e. The molecule has 0 bridgehead atoms. The van der Waals surface area contributed by atoms with Crippen molar-refractivity contribution < 1.29 is 24.2 Å². The van der Waals surface area contributed by atoms with Gasteiger partial charge in [-0.1, -0.05) is 89.6 Å². The molecule has 0 atom stereocenters. The van der Waals surface area contributed by atoms with Crippen LogP contribution < -0.4 is 10.1 Å². The van der Waals surface area contributed by atoms with Crippen LogP contribution in [-0.2, 0) is 16.0 Å². The molecule has 6 nitrogen and oxygen atoms in total. The van der Waals surface area contributed by atoms with E-state index < -0.39 is 12.6 Å². The maximum absolute atomic E-state index is 13.5. The smallest absolute Gasteiger partial charge is 0.329 e. The number of hydrogen-bond acceptors (Lipinski definition) is 4. The van der Waals surface area contributed by atoms with Gasteiger partial charge in [0.2, 0.25) is 0 Å². The Labute approximate surface area is 283 Å². The lowest BCUT2D eigenvalue weighted by molar-refractivity contribution is -0.142. The highest BCUT2D eigenvalue weighted by Crippen LogP contribution is 2.43. The molecule has 0 fully saturated rings. The number of benzene rings is 4. The SMILES string of the molecule is O=C(O)COCCOc1c(-c2cc(Cl)cc(Cl)c2)cc(C(=O)NCCCCCCc2ccccc2)cc1-c1cc(Cl)cc(Cl)c1. The summed E-state index contributed by atoms with van der Waals surface area (Å²) in [4.78, 5) is 24.4. The topological polar surface area (TPSA) is 84.9 Å². The fourth-order valence-electron chi connectivity index (χ4n) is 4.88. The van der Waals surface area contributed by atoms with E-state index >= 15 is 0 Å². The van der Waals surface area contributed by atoms with Gasteiger partial charge in [0, 0.05) is 43.3 Å². The lowest BCUT2D eigenvalue weighted by atomic mass is 9.94. The summed E-state index contributed by atoms with van der Waals surface area (Å²) >= 11 is 25.5. The fraction of sp³-hybridized carbons (Fsp3) is 0.257. The van der Waals surface area contributed by atoms with E-state index in [0.29, 0.717) is 60.2 Å². The number of unbranched alkanes of at least 4 members (excludes halogenated alkanes) is 3. The number of carboxylic acids is 1. The molecule has 0 aliphatic heterocycles. The zero-order valence-corrected chi connectivity index (χ0v) is 27.5. The zero-order chi connectivity index (χ0) is 32.2. The third-order valence-electron chi connectivity index (χ3n) is 6.92. The Balaban J connectivity index is 1.59. The van der Waals surface area contributed by atoms with Crippen LogP contribution in [0.25, 0.3) is 22.3 Å². The third kappa shape index (κ3) is 10.9. The van der Waals surface area contributed by atoms with E-state index in [1.54, 1.807) is 48.5 Å². The summed E-state index contributed by atoms with van der Waals surface area (Å²) in [6.07, 6.45) is 5.07. The van der Waals surface area contributed by atoms with Crippen molar-refractivity contribution in [3.63, 3.8) is 0 Å². The second-order valence-electron chi connectivity index (χ2n) is 10.4. The molecule has 0 saturated heterocycles. The van der Waals surface area contributed by atoms with Crippen molar-refractivity contribution in [2.24, 2.45) is 0 Å². The fourth-order valence-corrected chi connectivity index (χ4v) is 5.93. The van der Waals surface area contributed by atoms with Crippen LogP contribution in [0.1, 0.15) is 41.6 Å². The predicted octanol–water partition coefficient (Wildman–Crippen LogP) is 9.65. The minimum Gasteiger partial charge on any atom is -0.490 e. The Morgan fingerprint density at radius 1 is 0.689 bits per heavy atom. The van der Waals surface area contributed by atoms with Crippen LogP contribution in [0.5, 0.6) is 5.75 Å². The Morgan fingerprint density at radius 3 is 1.80 bits per heavy atom. The Bertz CT molecular complexity index is 1500. The summed E-state index contributed by atoms with van der Waals surface area (Å²) in [6.45, 7) is 0.125. The van der Waals surface area contributed by atoms with E-state index in [4.69, 9.17) is 61.0 Å². The van der Waals surface area contributed by atoms with Crippen molar-refractivity contribution in [3.8, 4) is 28.0 Å². The third-order valence-corrected chi connectivity index (χ3v) is 7.79. The van der Waals surface area contributed by atoms with Gasteiger partial charge < -0.3 is 19.9 Å². The first-order chi connectivity index (χ1) is 21.7. The number of nitrogens with one attached hydrogen (secondary N) is 1. The molecule has 0 saturated carbocycles. The molecule has 0 radical (unpaired) electrons. The molecule has 0 aliphatic rings. The normalized spacial score (nSPS) is 10.9. The van der Waals surface area contributed by atoms with Gasteiger partial charge in [0.05, 0.1) is 6.61 Å². The molecule has 2 N–H and O–H groups in total. The highest BCUT2D eigenvalue weighted by atomic mass is 35.5. The van der Waals surface area contributed by atoms with Crippen molar-refractivity contribution in [1.29, 1.82) is 0 Å². The Morgan fingerprint density at radius 2 is 1.24 bits per heavy atom. The molecule has 10 heteroatoms. The molecular weight excluding hydrogens is 656 g/mol. The van der Waals surface area contributed by atoms with Crippen LogP contribution in [0.15, 0.2) is 78.9 Å². The molecule has 4 rings (SSSR count).